The van der Waals surface area contributed by atoms with Gasteiger partial charge in [0, 0.05) is 18.9 Å². The summed E-state index contributed by atoms with van der Waals surface area (Å²) < 4.78 is 43.5. The number of nitrogens with one attached hydrogen (secondary N) is 1. The molecule has 0 aliphatic heterocycles. The summed E-state index contributed by atoms with van der Waals surface area (Å²) in [7, 11) is 1.58. The molecule has 2 aromatic rings. The molecule has 10 heteroatoms. The monoisotopic (exact) mass is 415 g/mol. The van der Waals surface area contributed by atoms with Crippen LogP contribution >= 0.6 is 11.6 Å². The predicted molar refractivity (Wildman–Crippen MR) is 98.5 cm³/mol. The van der Waals surface area contributed by atoms with E-state index in [-0.39, 0.29) is 24.4 Å². The summed E-state index contributed by atoms with van der Waals surface area (Å²) in [5.41, 5.74) is -0.790. The highest BCUT2D eigenvalue weighted by atomic mass is 35.5. The third-order valence-corrected chi connectivity index (χ3v) is 3.92. The Kier molecular flexibility index (Phi) is 6.85. The molecule has 1 heterocycles. The van der Waals surface area contributed by atoms with Gasteiger partial charge < -0.3 is 15.0 Å². The summed E-state index contributed by atoms with van der Waals surface area (Å²) in [6.07, 6.45) is -3.31. The maximum atomic E-state index is 12.9. The van der Waals surface area contributed by atoms with Gasteiger partial charge in [-0.05, 0) is 37.3 Å². The van der Waals surface area contributed by atoms with E-state index in [0.29, 0.717) is 5.82 Å². The minimum absolute atomic E-state index is 0.0271. The minimum Gasteiger partial charge on any atom is -0.462 e. The van der Waals surface area contributed by atoms with E-state index in [9.17, 15) is 22.8 Å². The number of pyridine rings is 1. The molecular formula is C18H17ClF3N3O3. The molecule has 1 aromatic heterocycles. The summed E-state index contributed by atoms with van der Waals surface area (Å²) in [5, 5.41) is 1.94. The van der Waals surface area contributed by atoms with Crippen molar-refractivity contribution in [3.63, 3.8) is 0 Å². The van der Waals surface area contributed by atoms with Gasteiger partial charge in [-0.15, -0.1) is 0 Å². The van der Waals surface area contributed by atoms with Crippen molar-refractivity contribution in [3.8, 4) is 0 Å². The number of anilines is 2. The van der Waals surface area contributed by atoms with Gasteiger partial charge in [-0.1, -0.05) is 11.6 Å². The van der Waals surface area contributed by atoms with Gasteiger partial charge in [0.1, 0.15) is 5.82 Å². The van der Waals surface area contributed by atoms with E-state index in [1.165, 1.54) is 29.3 Å². The molecule has 0 aliphatic carbocycles. The summed E-state index contributed by atoms with van der Waals surface area (Å²) in [6, 6.07) is 6.15. The van der Waals surface area contributed by atoms with E-state index in [1.807, 2.05) is 0 Å². The van der Waals surface area contributed by atoms with Crippen molar-refractivity contribution in [3.05, 3.63) is 52.7 Å². The number of nitrogens with zero attached hydrogens (tertiary/aromatic N) is 2. The molecule has 0 bridgehead atoms. The molecule has 0 saturated heterocycles. The Morgan fingerprint density at radius 1 is 1.25 bits per heavy atom. The van der Waals surface area contributed by atoms with Crippen LogP contribution in [0, 0.1) is 0 Å². The normalized spacial score (nSPS) is 11.1. The number of benzene rings is 1. The van der Waals surface area contributed by atoms with Gasteiger partial charge in [-0.25, -0.2) is 9.78 Å². The molecule has 0 aliphatic rings. The molecular weight excluding hydrogens is 399 g/mol. The average Bonchev–Trinajstić information content (AvgIpc) is 2.62. The number of esters is 1. The quantitative estimate of drug-likeness (QED) is 0.722. The maximum Gasteiger partial charge on any atom is 0.417 e. The van der Waals surface area contributed by atoms with E-state index in [1.54, 1.807) is 14.0 Å². The Morgan fingerprint density at radius 3 is 2.54 bits per heavy atom. The summed E-state index contributed by atoms with van der Waals surface area (Å²) >= 11 is 5.55. The number of aromatic nitrogens is 1. The Labute approximate surface area is 164 Å². The highest BCUT2D eigenvalue weighted by Crippen LogP contribution is 2.36. The third-order valence-electron chi connectivity index (χ3n) is 3.59. The molecule has 0 fully saturated rings. The van der Waals surface area contributed by atoms with Crippen LogP contribution in [0.3, 0.4) is 0 Å². The second-order valence-electron chi connectivity index (χ2n) is 5.72. The first-order valence-corrected chi connectivity index (χ1v) is 8.50. The zero-order valence-corrected chi connectivity index (χ0v) is 15.8. The zero-order valence-electron chi connectivity index (χ0n) is 15.0. The molecule has 1 amide bonds. The Balaban J connectivity index is 2.02. The first kappa shape index (κ1) is 21.5. The van der Waals surface area contributed by atoms with Crippen LogP contribution in [0.5, 0.6) is 0 Å². The molecule has 0 spiro atoms. The lowest BCUT2D eigenvalue weighted by Crippen LogP contribution is -2.30. The molecule has 1 aromatic carbocycles. The number of ether oxygens (including phenoxy) is 1. The molecule has 6 nitrogen and oxygen atoms in total. The van der Waals surface area contributed by atoms with Crippen molar-refractivity contribution in [1.29, 1.82) is 0 Å². The zero-order chi connectivity index (χ0) is 20.9. The molecule has 0 radical (unpaired) electrons. The number of amides is 1. The molecule has 0 atom stereocenters. The Bertz CT molecular complexity index is 857. The fourth-order valence-electron chi connectivity index (χ4n) is 2.26. The van der Waals surface area contributed by atoms with Gasteiger partial charge in [0.2, 0.25) is 5.91 Å². The van der Waals surface area contributed by atoms with Gasteiger partial charge in [0.15, 0.2) is 0 Å². The average molecular weight is 416 g/mol. The van der Waals surface area contributed by atoms with Crippen molar-refractivity contribution in [2.75, 3.05) is 30.4 Å². The number of carbonyl (C=O) groups is 2. The van der Waals surface area contributed by atoms with E-state index in [0.717, 1.165) is 12.1 Å². The van der Waals surface area contributed by atoms with Crippen LogP contribution in [0.15, 0.2) is 36.5 Å². The summed E-state index contributed by atoms with van der Waals surface area (Å²) in [4.78, 5) is 29.3. The first-order chi connectivity index (χ1) is 13.1. The van der Waals surface area contributed by atoms with Gasteiger partial charge >= 0.3 is 12.1 Å². The van der Waals surface area contributed by atoms with Crippen LogP contribution in [-0.2, 0) is 15.7 Å². The van der Waals surface area contributed by atoms with Gasteiger partial charge in [-0.3, -0.25) is 4.79 Å². The molecule has 1 N–H and O–H groups in total. The Morgan fingerprint density at radius 2 is 1.96 bits per heavy atom. The second kappa shape index (κ2) is 8.92. The van der Waals surface area contributed by atoms with Gasteiger partial charge in [0.25, 0.3) is 0 Å². The lowest BCUT2D eigenvalue weighted by atomic mass is 10.2. The smallest absolute Gasteiger partial charge is 0.417 e. The minimum atomic E-state index is -4.63. The van der Waals surface area contributed by atoms with Crippen molar-refractivity contribution < 1.29 is 27.5 Å². The van der Waals surface area contributed by atoms with E-state index < -0.39 is 28.6 Å². The van der Waals surface area contributed by atoms with E-state index in [4.69, 9.17) is 16.3 Å². The molecule has 0 saturated carbocycles. The van der Waals surface area contributed by atoms with Crippen LogP contribution in [0.4, 0.5) is 24.7 Å². The van der Waals surface area contributed by atoms with Crippen LogP contribution in [-0.4, -0.2) is 37.1 Å². The highest BCUT2D eigenvalue weighted by Gasteiger charge is 2.33. The number of hydrogen-bond acceptors (Lipinski definition) is 5. The largest absolute Gasteiger partial charge is 0.462 e. The fraction of sp³-hybridized carbons (Fsp3) is 0.278. The van der Waals surface area contributed by atoms with Crippen LogP contribution < -0.4 is 10.2 Å². The van der Waals surface area contributed by atoms with Crippen molar-refractivity contribution in [2.45, 2.75) is 13.1 Å². The van der Waals surface area contributed by atoms with Crippen molar-refractivity contribution in [1.82, 2.24) is 4.98 Å². The summed E-state index contributed by atoms with van der Waals surface area (Å²) in [6.45, 7) is 1.75. The lowest BCUT2D eigenvalue weighted by Gasteiger charge is -2.18. The lowest BCUT2D eigenvalue weighted by molar-refractivity contribution is -0.137. The standard InChI is InChI=1S/C18H17ClF3N3O3/c1-3-28-17(27)11-4-7-15(23-9-11)25(2)10-16(26)24-12-5-6-14(19)13(8-12)18(20,21)22/h4-9H,3,10H2,1-2H3,(H,24,26). The maximum absolute atomic E-state index is 12.9. The molecule has 150 valence electrons. The number of alkyl halides is 3. The number of carbonyl (C=O) groups excluding carboxylic acids is 2. The molecule has 2 rings (SSSR count). The van der Waals surface area contributed by atoms with E-state index in [2.05, 4.69) is 10.3 Å². The second-order valence-corrected chi connectivity index (χ2v) is 6.13. The van der Waals surface area contributed by atoms with Crippen LogP contribution in [0.1, 0.15) is 22.8 Å². The summed E-state index contributed by atoms with van der Waals surface area (Å²) in [5.74, 6) is -0.658. The predicted octanol–water partition coefficient (Wildman–Crippen LogP) is 4.01. The number of rotatable bonds is 6. The topological polar surface area (TPSA) is 71.5 Å². The van der Waals surface area contributed by atoms with Crippen molar-refractivity contribution >= 4 is 35.0 Å². The van der Waals surface area contributed by atoms with Crippen LogP contribution in [0.25, 0.3) is 0 Å². The highest BCUT2D eigenvalue weighted by molar-refractivity contribution is 6.31. The number of likely N-dealkylation sites (N-methyl/N-ethyl adjacent to an activating group) is 1. The third kappa shape index (κ3) is 5.59. The van der Waals surface area contributed by atoms with Gasteiger partial charge in [0.05, 0.1) is 29.3 Å². The SMILES string of the molecule is CCOC(=O)c1ccc(N(C)CC(=O)Nc2ccc(Cl)c(C(F)(F)F)c2)nc1. The van der Waals surface area contributed by atoms with E-state index >= 15 is 0 Å². The van der Waals surface area contributed by atoms with Crippen molar-refractivity contribution in [2.24, 2.45) is 0 Å². The molecule has 28 heavy (non-hydrogen) atoms. The number of hydrogen-bond donors (Lipinski definition) is 1. The van der Waals surface area contributed by atoms with Gasteiger partial charge in [-0.2, -0.15) is 13.2 Å². The number of halogens is 4. The Hall–Kier alpha value is -2.81. The van der Waals surface area contributed by atoms with Crippen LogP contribution in [0.2, 0.25) is 5.02 Å². The molecule has 0 unspecified atom stereocenters. The fourth-order valence-corrected chi connectivity index (χ4v) is 2.49. The first-order valence-electron chi connectivity index (χ1n) is 8.12.